The fraction of sp³-hybridized carbons (Fsp3) is 0.444. The van der Waals surface area contributed by atoms with Crippen LogP contribution in [0.5, 0.6) is 5.75 Å². The second kappa shape index (κ2) is 12.4. The Balaban J connectivity index is 1.43. The number of hydrogen-bond donors (Lipinski definition) is 1. The first-order valence-corrected chi connectivity index (χ1v) is 14.3. The Morgan fingerprint density at radius 1 is 1.28 bits per heavy atom. The van der Waals surface area contributed by atoms with E-state index < -0.39 is 6.61 Å². The van der Waals surface area contributed by atoms with Crippen LogP contribution in [-0.4, -0.2) is 63.8 Å². The third kappa shape index (κ3) is 6.42. The first-order chi connectivity index (χ1) is 18.9. The second-order valence-corrected chi connectivity index (χ2v) is 11.1. The second-order valence-electron chi connectivity index (χ2n) is 9.66. The van der Waals surface area contributed by atoms with Gasteiger partial charge in [-0.3, -0.25) is 0 Å². The standard InChI is InChI=1S/C27H32ClF2N7OS/c1-3-4-11-35(2)20-8-13-36(14-9-20)27-34-23(21-15-19(28)6-7-22(21)38-26(29)30)25(39-27)32-16-18-17-33-37-12-5-10-31-24(18)37/h5-7,10,12,15,17,20,26,32H,3-4,8-9,11,13-14,16H2,1-2H3. The number of halogens is 3. The van der Waals surface area contributed by atoms with Crippen molar-refractivity contribution >= 4 is 38.7 Å². The van der Waals surface area contributed by atoms with Crippen molar-refractivity contribution in [2.45, 2.75) is 51.8 Å². The SMILES string of the molecule is CCCCN(C)C1CCN(c2nc(-c3cc(Cl)ccc3OC(F)F)c(NCc3cnn4cccnc34)s2)CC1. The first-order valence-electron chi connectivity index (χ1n) is 13.1. The quantitative estimate of drug-likeness (QED) is 0.221. The van der Waals surface area contributed by atoms with Crippen LogP contribution >= 0.6 is 22.9 Å². The highest BCUT2D eigenvalue weighted by Crippen LogP contribution is 2.43. The molecule has 0 saturated carbocycles. The van der Waals surface area contributed by atoms with Crippen molar-refractivity contribution in [1.29, 1.82) is 0 Å². The van der Waals surface area contributed by atoms with Crippen molar-refractivity contribution in [3.8, 4) is 17.0 Å². The van der Waals surface area contributed by atoms with Crippen LogP contribution in [0.2, 0.25) is 5.02 Å². The van der Waals surface area contributed by atoms with Crippen LogP contribution in [-0.2, 0) is 6.54 Å². The zero-order chi connectivity index (χ0) is 27.4. The van der Waals surface area contributed by atoms with E-state index in [4.69, 9.17) is 21.3 Å². The number of hydrogen-bond acceptors (Lipinski definition) is 8. The van der Waals surface area contributed by atoms with Crippen LogP contribution < -0.4 is 15.0 Å². The van der Waals surface area contributed by atoms with Crippen LogP contribution in [0.15, 0.2) is 42.9 Å². The largest absolute Gasteiger partial charge is 0.434 e. The molecule has 0 atom stereocenters. The number of rotatable bonds is 11. The zero-order valence-corrected chi connectivity index (χ0v) is 23.6. The van der Waals surface area contributed by atoms with Gasteiger partial charge in [-0.2, -0.15) is 13.9 Å². The minimum Gasteiger partial charge on any atom is -0.434 e. The lowest BCUT2D eigenvalue weighted by atomic mass is 10.0. The smallest absolute Gasteiger partial charge is 0.387 e. The van der Waals surface area contributed by atoms with Crippen LogP contribution in [0.4, 0.5) is 18.9 Å². The van der Waals surface area contributed by atoms with Crippen molar-refractivity contribution < 1.29 is 13.5 Å². The molecule has 1 saturated heterocycles. The topological polar surface area (TPSA) is 70.8 Å². The van der Waals surface area contributed by atoms with E-state index in [1.807, 2.05) is 12.3 Å². The maximum Gasteiger partial charge on any atom is 0.387 e. The lowest BCUT2D eigenvalue weighted by molar-refractivity contribution is -0.0494. The van der Waals surface area contributed by atoms with Gasteiger partial charge in [-0.25, -0.2) is 14.5 Å². The molecule has 0 unspecified atom stereocenters. The summed E-state index contributed by atoms with van der Waals surface area (Å²) in [6, 6.07) is 6.98. The molecule has 8 nitrogen and oxygen atoms in total. The van der Waals surface area contributed by atoms with Crippen LogP contribution in [0.1, 0.15) is 38.2 Å². The van der Waals surface area contributed by atoms with Gasteiger partial charge in [0.1, 0.15) is 16.4 Å². The molecule has 1 fully saturated rings. The summed E-state index contributed by atoms with van der Waals surface area (Å²) in [5.41, 5.74) is 2.59. The summed E-state index contributed by atoms with van der Waals surface area (Å²) in [6.07, 6.45) is 9.80. The number of ether oxygens (including phenoxy) is 1. The summed E-state index contributed by atoms with van der Waals surface area (Å²) in [6.45, 7) is 2.55. The maximum atomic E-state index is 13.3. The number of anilines is 2. The van der Waals surface area contributed by atoms with Gasteiger partial charge in [-0.1, -0.05) is 36.3 Å². The molecule has 12 heteroatoms. The predicted molar refractivity (Wildman–Crippen MR) is 152 cm³/mol. The summed E-state index contributed by atoms with van der Waals surface area (Å²) >= 11 is 7.80. The normalized spacial score (nSPS) is 14.6. The average molecular weight is 576 g/mol. The third-order valence-corrected chi connectivity index (χ3v) is 8.35. The fourth-order valence-corrected chi connectivity index (χ4v) is 6.10. The van der Waals surface area contributed by atoms with E-state index in [0.717, 1.165) is 53.8 Å². The highest BCUT2D eigenvalue weighted by molar-refractivity contribution is 7.20. The van der Waals surface area contributed by atoms with Gasteiger partial charge in [0.05, 0.1) is 6.20 Å². The molecule has 208 valence electrons. The molecule has 0 aliphatic carbocycles. The van der Waals surface area contributed by atoms with Crippen LogP contribution in [0, 0.1) is 0 Å². The molecule has 39 heavy (non-hydrogen) atoms. The molecule has 0 radical (unpaired) electrons. The lowest BCUT2D eigenvalue weighted by Gasteiger charge is -2.36. The van der Waals surface area contributed by atoms with Crippen molar-refractivity contribution in [1.82, 2.24) is 24.5 Å². The number of benzene rings is 1. The van der Waals surface area contributed by atoms with Crippen molar-refractivity contribution in [3.05, 3.63) is 53.4 Å². The number of thiazole rings is 1. The van der Waals surface area contributed by atoms with E-state index >= 15 is 0 Å². The van der Waals surface area contributed by atoms with Gasteiger partial charge in [0.25, 0.3) is 0 Å². The Morgan fingerprint density at radius 2 is 2.10 bits per heavy atom. The van der Waals surface area contributed by atoms with Gasteiger partial charge in [0.15, 0.2) is 10.8 Å². The zero-order valence-electron chi connectivity index (χ0n) is 22.0. The molecular weight excluding hydrogens is 544 g/mol. The monoisotopic (exact) mass is 575 g/mol. The average Bonchev–Trinajstić information content (AvgIpc) is 3.56. The summed E-state index contributed by atoms with van der Waals surface area (Å²) in [5, 5.41) is 9.80. The summed E-state index contributed by atoms with van der Waals surface area (Å²) in [7, 11) is 2.21. The fourth-order valence-electron chi connectivity index (χ4n) is 4.90. The van der Waals surface area contributed by atoms with Gasteiger partial charge >= 0.3 is 6.61 Å². The minimum absolute atomic E-state index is 0.0307. The Kier molecular flexibility index (Phi) is 8.79. The number of fused-ring (bicyclic) bond motifs is 1. The molecule has 4 heterocycles. The Labute approximate surface area is 235 Å². The Bertz CT molecular complexity index is 1390. The summed E-state index contributed by atoms with van der Waals surface area (Å²) < 4.78 is 33.1. The number of unbranched alkanes of at least 4 members (excludes halogenated alkanes) is 1. The molecular formula is C27H32ClF2N7OS. The van der Waals surface area contributed by atoms with Gasteiger partial charge in [-0.05, 0) is 57.1 Å². The molecule has 1 aromatic carbocycles. The molecule has 0 spiro atoms. The summed E-state index contributed by atoms with van der Waals surface area (Å²) in [5.74, 6) is 0.0307. The molecule has 0 amide bonds. The number of nitrogens with zero attached hydrogens (tertiary/aromatic N) is 6. The first kappa shape index (κ1) is 27.5. The third-order valence-electron chi connectivity index (χ3n) is 7.04. The van der Waals surface area contributed by atoms with E-state index in [2.05, 4.69) is 39.2 Å². The maximum absolute atomic E-state index is 13.3. The van der Waals surface area contributed by atoms with Crippen molar-refractivity contribution in [3.63, 3.8) is 0 Å². The number of piperidine rings is 1. The molecule has 1 aliphatic heterocycles. The molecule has 3 aromatic heterocycles. The molecule has 1 aliphatic rings. The Morgan fingerprint density at radius 3 is 2.87 bits per heavy atom. The number of alkyl halides is 2. The van der Waals surface area contributed by atoms with Gasteiger partial charge < -0.3 is 19.9 Å². The van der Waals surface area contributed by atoms with E-state index in [1.165, 1.54) is 36.3 Å². The molecule has 1 N–H and O–H groups in total. The van der Waals surface area contributed by atoms with E-state index in [9.17, 15) is 8.78 Å². The van der Waals surface area contributed by atoms with Gasteiger partial charge in [0.2, 0.25) is 0 Å². The summed E-state index contributed by atoms with van der Waals surface area (Å²) in [4.78, 5) is 14.1. The van der Waals surface area contributed by atoms with E-state index in [0.29, 0.717) is 28.9 Å². The van der Waals surface area contributed by atoms with E-state index in [-0.39, 0.29) is 5.75 Å². The van der Waals surface area contributed by atoms with Gasteiger partial charge in [0, 0.05) is 54.2 Å². The Hall–Kier alpha value is -3.02. The number of aromatic nitrogens is 4. The van der Waals surface area contributed by atoms with Crippen LogP contribution in [0.3, 0.4) is 0 Å². The van der Waals surface area contributed by atoms with Crippen LogP contribution in [0.25, 0.3) is 16.9 Å². The number of nitrogens with one attached hydrogen (secondary N) is 1. The van der Waals surface area contributed by atoms with Crippen molar-refractivity contribution in [2.24, 2.45) is 0 Å². The van der Waals surface area contributed by atoms with Gasteiger partial charge in [-0.15, -0.1) is 0 Å². The highest BCUT2D eigenvalue weighted by Gasteiger charge is 2.27. The molecule has 5 rings (SSSR count). The highest BCUT2D eigenvalue weighted by atomic mass is 35.5. The van der Waals surface area contributed by atoms with E-state index in [1.54, 1.807) is 23.0 Å². The lowest BCUT2D eigenvalue weighted by Crippen LogP contribution is -2.43. The predicted octanol–water partition coefficient (Wildman–Crippen LogP) is 6.42. The molecule has 0 bridgehead atoms. The minimum atomic E-state index is -2.96. The molecule has 4 aromatic rings. The van der Waals surface area contributed by atoms with Crippen molar-refractivity contribution in [2.75, 3.05) is 36.9 Å².